The Kier molecular flexibility index (Phi) is 5.20. The molecule has 0 unspecified atom stereocenters. The van der Waals surface area contributed by atoms with Crippen LogP contribution in [0, 0.1) is 0 Å². The lowest BCUT2D eigenvalue weighted by Crippen LogP contribution is -2.25. The van der Waals surface area contributed by atoms with Crippen LogP contribution in [0.3, 0.4) is 0 Å². The van der Waals surface area contributed by atoms with Crippen molar-refractivity contribution in [1.82, 2.24) is 24.5 Å². The molecule has 0 N–H and O–H groups in total. The number of rotatable bonds is 6. The minimum atomic E-state index is -0.464. The number of hydrogen-bond donors (Lipinski definition) is 0. The molecule has 0 atom stereocenters. The van der Waals surface area contributed by atoms with Crippen LogP contribution in [0.15, 0.2) is 53.6 Å². The second-order valence-corrected chi connectivity index (χ2v) is 6.76. The van der Waals surface area contributed by atoms with Crippen molar-refractivity contribution in [1.29, 1.82) is 0 Å². The molecule has 0 radical (unpaired) electrons. The maximum absolute atomic E-state index is 12.8. The second kappa shape index (κ2) is 7.96. The lowest BCUT2D eigenvalue weighted by atomic mass is 10.1. The molecule has 0 saturated carbocycles. The zero-order valence-electron chi connectivity index (χ0n) is 16.1. The van der Waals surface area contributed by atoms with Crippen LogP contribution in [0.25, 0.3) is 16.9 Å². The van der Waals surface area contributed by atoms with E-state index in [2.05, 4.69) is 15.3 Å². The van der Waals surface area contributed by atoms with Crippen molar-refractivity contribution < 1.29 is 14.3 Å². The number of aromatic nitrogens is 5. The Hall–Kier alpha value is -3.72. The van der Waals surface area contributed by atoms with Crippen LogP contribution >= 0.6 is 11.6 Å². The van der Waals surface area contributed by atoms with E-state index in [-0.39, 0.29) is 23.5 Å². The Balaban J connectivity index is 1.69. The zero-order valence-corrected chi connectivity index (χ0v) is 16.8. The topological polar surface area (TPSA) is 101 Å². The second-order valence-electron chi connectivity index (χ2n) is 6.32. The number of carbonyl (C=O) groups is 1. The maximum Gasteiger partial charge on any atom is 0.283 e. The molecule has 4 aromatic rings. The van der Waals surface area contributed by atoms with Gasteiger partial charge in [-0.2, -0.15) is 4.68 Å². The first-order valence-electron chi connectivity index (χ1n) is 8.84. The largest absolute Gasteiger partial charge is 0.493 e. The quantitative estimate of drug-likeness (QED) is 0.437. The van der Waals surface area contributed by atoms with E-state index >= 15 is 0 Å². The van der Waals surface area contributed by atoms with Gasteiger partial charge in [-0.1, -0.05) is 16.8 Å². The van der Waals surface area contributed by atoms with E-state index in [4.69, 9.17) is 21.1 Å². The van der Waals surface area contributed by atoms with Gasteiger partial charge in [0.15, 0.2) is 28.4 Å². The van der Waals surface area contributed by atoms with Gasteiger partial charge in [0.05, 0.1) is 26.5 Å². The normalized spacial score (nSPS) is 10.9. The van der Waals surface area contributed by atoms with Crippen molar-refractivity contribution in [2.24, 2.45) is 0 Å². The lowest BCUT2D eigenvalue weighted by Gasteiger charge is -2.09. The molecule has 2 aromatic carbocycles. The van der Waals surface area contributed by atoms with Crippen LogP contribution in [-0.2, 0) is 6.54 Å². The lowest BCUT2D eigenvalue weighted by molar-refractivity contribution is 0.0970. The highest BCUT2D eigenvalue weighted by Gasteiger charge is 2.16. The average molecular weight is 426 g/mol. The molecular formula is C20H16ClN5O4. The fourth-order valence-electron chi connectivity index (χ4n) is 2.97. The molecular weight excluding hydrogens is 410 g/mol. The number of methoxy groups -OCH3 is 2. The molecule has 0 spiro atoms. The first-order chi connectivity index (χ1) is 14.5. The minimum absolute atomic E-state index is 0.0520. The Morgan fingerprint density at radius 3 is 2.50 bits per heavy atom. The van der Waals surface area contributed by atoms with Crippen LogP contribution in [-0.4, -0.2) is 44.5 Å². The van der Waals surface area contributed by atoms with Gasteiger partial charge in [-0.05, 0) is 36.4 Å². The number of carbonyl (C=O) groups excluding carboxylic acids is 1. The highest BCUT2D eigenvalue weighted by atomic mass is 35.5. The number of fused-ring (bicyclic) bond motifs is 1. The molecule has 0 aliphatic rings. The summed E-state index contributed by atoms with van der Waals surface area (Å²) in [6.07, 6.45) is 1.30. The summed E-state index contributed by atoms with van der Waals surface area (Å²) in [6.45, 7) is -0.174. The summed E-state index contributed by atoms with van der Waals surface area (Å²) in [5, 5.41) is 8.53. The predicted octanol–water partition coefficient (Wildman–Crippen LogP) is 2.53. The summed E-state index contributed by atoms with van der Waals surface area (Å²) in [6, 6.07) is 11.6. The van der Waals surface area contributed by atoms with Crippen LogP contribution in [0.2, 0.25) is 5.02 Å². The first kappa shape index (κ1) is 19.6. The number of Topliss-reactive ketones (excluding diaryl/α,β-unsaturated/α-hetero) is 1. The Morgan fingerprint density at radius 1 is 1.07 bits per heavy atom. The molecule has 0 saturated heterocycles. The Bertz CT molecular complexity index is 1300. The summed E-state index contributed by atoms with van der Waals surface area (Å²) >= 11 is 5.85. The summed E-state index contributed by atoms with van der Waals surface area (Å²) in [7, 11) is 3.06. The molecule has 0 aliphatic carbocycles. The van der Waals surface area contributed by atoms with E-state index in [1.165, 1.54) is 29.8 Å². The van der Waals surface area contributed by atoms with Gasteiger partial charge in [0.25, 0.3) is 5.56 Å². The molecule has 152 valence electrons. The number of nitrogens with zero attached hydrogens (tertiary/aromatic N) is 5. The molecule has 0 amide bonds. The molecule has 2 heterocycles. The van der Waals surface area contributed by atoms with Gasteiger partial charge in [-0.15, -0.1) is 5.10 Å². The zero-order chi connectivity index (χ0) is 21.3. The van der Waals surface area contributed by atoms with E-state index in [0.717, 1.165) is 0 Å². The van der Waals surface area contributed by atoms with E-state index < -0.39 is 5.56 Å². The van der Waals surface area contributed by atoms with Crippen molar-refractivity contribution in [3.05, 3.63) is 69.7 Å². The van der Waals surface area contributed by atoms with Crippen molar-refractivity contribution in [3.8, 4) is 17.2 Å². The SMILES string of the molecule is COc1ccc(-n2nnc3c(=O)n(CC(=O)c4ccc(Cl)cc4)cnc32)cc1OC. The fourth-order valence-corrected chi connectivity index (χ4v) is 3.09. The monoisotopic (exact) mass is 425 g/mol. The molecule has 2 aromatic heterocycles. The van der Waals surface area contributed by atoms with Crippen LogP contribution in [0.4, 0.5) is 0 Å². The number of halogens is 1. The summed E-state index contributed by atoms with van der Waals surface area (Å²) in [5.74, 6) is 0.810. The van der Waals surface area contributed by atoms with Gasteiger partial charge in [-0.25, -0.2) is 4.98 Å². The molecule has 9 nitrogen and oxygen atoms in total. The smallest absolute Gasteiger partial charge is 0.283 e. The van der Waals surface area contributed by atoms with Gasteiger partial charge in [-0.3, -0.25) is 14.2 Å². The van der Waals surface area contributed by atoms with Crippen molar-refractivity contribution in [2.45, 2.75) is 6.54 Å². The third-order valence-electron chi connectivity index (χ3n) is 4.52. The van der Waals surface area contributed by atoms with E-state index in [9.17, 15) is 9.59 Å². The fraction of sp³-hybridized carbons (Fsp3) is 0.150. The number of ketones is 1. The van der Waals surface area contributed by atoms with Gasteiger partial charge in [0.2, 0.25) is 0 Å². The molecule has 4 rings (SSSR count). The van der Waals surface area contributed by atoms with E-state index in [1.54, 1.807) is 42.5 Å². The van der Waals surface area contributed by atoms with Crippen molar-refractivity contribution >= 4 is 28.5 Å². The third kappa shape index (κ3) is 3.50. The number of hydrogen-bond acceptors (Lipinski definition) is 7. The molecule has 0 fully saturated rings. The average Bonchev–Trinajstić information content (AvgIpc) is 3.20. The summed E-state index contributed by atoms with van der Waals surface area (Å²) in [5.41, 5.74) is 0.894. The van der Waals surface area contributed by atoms with Crippen LogP contribution < -0.4 is 15.0 Å². The Morgan fingerprint density at radius 2 is 1.80 bits per heavy atom. The van der Waals surface area contributed by atoms with Crippen LogP contribution in [0.5, 0.6) is 11.5 Å². The maximum atomic E-state index is 12.8. The molecule has 0 bridgehead atoms. The van der Waals surface area contributed by atoms with E-state index in [1.807, 2.05) is 0 Å². The molecule has 10 heteroatoms. The molecule has 0 aliphatic heterocycles. The molecule has 30 heavy (non-hydrogen) atoms. The van der Waals surface area contributed by atoms with Gasteiger partial charge < -0.3 is 9.47 Å². The number of benzene rings is 2. The number of ether oxygens (including phenoxy) is 2. The summed E-state index contributed by atoms with van der Waals surface area (Å²) in [4.78, 5) is 29.6. The van der Waals surface area contributed by atoms with Gasteiger partial charge >= 0.3 is 0 Å². The van der Waals surface area contributed by atoms with Crippen molar-refractivity contribution in [3.63, 3.8) is 0 Å². The highest BCUT2D eigenvalue weighted by Crippen LogP contribution is 2.29. The Labute approximate surface area is 175 Å². The standard InChI is InChI=1S/C20H16ClN5O4/c1-29-16-8-7-14(9-17(16)30-2)26-19-18(23-24-26)20(28)25(11-22-19)10-15(27)12-3-5-13(21)6-4-12/h3-9,11H,10H2,1-2H3. The first-order valence-corrected chi connectivity index (χ1v) is 9.21. The van der Waals surface area contributed by atoms with Crippen LogP contribution in [0.1, 0.15) is 10.4 Å². The van der Waals surface area contributed by atoms with Gasteiger partial charge in [0.1, 0.15) is 6.33 Å². The highest BCUT2D eigenvalue weighted by molar-refractivity contribution is 6.30. The third-order valence-corrected chi connectivity index (χ3v) is 4.77. The van der Waals surface area contributed by atoms with Crippen molar-refractivity contribution in [2.75, 3.05) is 14.2 Å². The predicted molar refractivity (Wildman–Crippen MR) is 110 cm³/mol. The minimum Gasteiger partial charge on any atom is -0.493 e. The van der Waals surface area contributed by atoms with E-state index in [0.29, 0.717) is 27.8 Å². The summed E-state index contributed by atoms with van der Waals surface area (Å²) < 4.78 is 13.2. The van der Waals surface area contributed by atoms with Gasteiger partial charge in [0, 0.05) is 16.7 Å².